The highest BCUT2D eigenvalue weighted by Gasteiger charge is 2.70. The summed E-state index contributed by atoms with van der Waals surface area (Å²) in [6.45, 7) is 0.373. The molecule has 0 bridgehead atoms. The number of nitrogens with zero attached hydrogens (tertiary/aromatic N) is 1. The summed E-state index contributed by atoms with van der Waals surface area (Å²) in [7, 11) is 0. The van der Waals surface area contributed by atoms with Gasteiger partial charge in [0.2, 0.25) is 0 Å². The maximum atomic E-state index is 15.1. The molecule has 0 saturated carbocycles. The third kappa shape index (κ3) is 5.51. The van der Waals surface area contributed by atoms with Crippen LogP contribution in [0.15, 0.2) is 72.3 Å². The van der Waals surface area contributed by atoms with E-state index >= 15 is 13.2 Å². The van der Waals surface area contributed by atoms with Gasteiger partial charge in [-0.25, -0.2) is 9.18 Å². The number of anilines is 1. The van der Waals surface area contributed by atoms with Crippen molar-refractivity contribution in [1.29, 1.82) is 0 Å². The van der Waals surface area contributed by atoms with Crippen LogP contribution in [0.5, 0.6) is 0 Å². The smallest absolute Gasteiger partial charge is 0.370 e. The van der Waals surface area contributed by atoms with E-state index in [1.54, 1.807) is 24.3 Å². The number of nitrogens with two attached hydrogens (primary N) is 1. The largest absolute Gasteiger partial charge is 0.408 e. The van der Waals surface area contributed by atoms with Crippen LogP contribution in [-0.4, -0.2) is 51.9 Å². The van der Waals surface area contributed by atoms with Gasteiger partial charge in [0.1, 0.15) is 10.8 Å². The Labute approximate surface area is 233 Å². The van der Waals surface area contributed by atoms with Crippen molar-refractivity contribution in [3.63, 3.8) is 0 Å². The molecule has 2 unspecified atom stereocenters. The normalized spacial score (nSPS) is 23.3. The van der Waals surface area contributed by atoms with E-state index in [2.05, 4.69) is 5.32 Å². The molecule has 7 nitrogen and oxygen atoms in total. The van der Waals surface area contributed by atoms with Crippen molar-refractivity contribution < 1.29 is 32.3 Å². The number of nitrogens with one attached hydrogen (secondary N) is 2. The third-order valence-corrected chi connectivity index (χ3v) is 7.59. The summed E-state index contributed by atoms with van der Waals surface area (Å²) in [6, 6.07) is 10.5. The van der Waals surface area contributed by atoms with E-state index in [1.165, 1.54) is 29.2 Å². The van der Waals surface area contributed by atoms with Crippen molar-refractivity contribution in [3.05, 3.63) is 89.3 Å². The number of amides is 3. The van der Waals surface area contributed by atoms with Crippen LogP contribution in [0.25, 0.3) is 0 Å². The maximum Gasteiger partial charge on any atom is 0.408 e. The van der Waals surface area contributed by atoms with Gasteiger partial charge < -0.3 is 21.5 Å². The first-order valence-electron chi connectivity index (χ1n) is 12.6. The Kier molecular flexibility index (Phi) is 8.43. The average molecular weight is 577 g/mol. The molecule has 12 heteroatoms. The molecular formula is C28H28F4N4O3S. The standard InChI is InChI=1S/C28H28F4N4O3S/c29-21-10-4-3-9-20(21)23(37)34-22-11-5-2-8-19(22)16-18-12-13-27(39,36-14-6-1-7-15-36)26(17-18,28(30,31)32)24(40)35-25(33)38/h2-5,8-13,17,39H,1,6-7,14-16H2,(H,34,37)(H3,33,35,38,40). The van der Waals surface area contributed by atoms with Crippen molar-refractivity contribution in [1.82, 2.24) is 10.2 Å². The van der Waals surface area contributed by atoms with E-state index in [9.17, 15) is 19.1 Å². The molecule has 0 aromatic heterocycles. The minimum absolute atomic E-state index is 0.111. The number of alkyl halides is 3. The molecule has 1 heterocycles. The topological polar surface area (TPSA) is 108 Å². The first-order valence-corrected chi connectivity index (χ1v) is 13.0. The zero-order chi connectivity index (χ0) is 29.1. The monoisotopic (exact) mass is 576 g/mol. The van der Waals surface area contributed by atoms with Gasteiger partial charge in [0.25, 0.3) is 5.91 Å². The average Bonchev–Trinajstić information content (AvgIpc) is 2.90. The number of thiocarbonyl (C=S) groups is 1. The maximum absolute atomic E-state index is 15.1. The molecule has 5 N–H and O–H groups in total. The predicted octanol–water partition coefficient (Wildman–Crippen LogP) is 4.84. The fourth-order valence-electron chi connectivity index (χ4n) is 5.20. The van der Waals surface area contributed by atoms with Gasteiger partial charge in [-0.15, -0.1) is 0 Å². The second-order valence-corrected chi connectivity index (χ2v) is 10.1. The van der Waals surface area contributed by atoms with E-state index in [1.807, 2.05) is 5.32 Å². The van der Waals surface area contributed by atoms with Gasteiger partial charge in [-0.3, -0.25) is 9.69 Å². The summed E-state index contributed by atoms with van der Waals surface area (Å²) in [6.07, 6.45) is -0.0646. The van der Waals surface area contributed by atoms with E-state index in [4.69, 9.17) is 18.0 Å². The predicted molar refractivity (Wildman–Crippen MR) is 146 cm³/mol. The molecule has 3 amide bonds. The van der Waals surface area contributed by atoms with Crippen LogP contribution in [0, 0.1) is 11.2 Å². The van der Waals surface area contributed by atoms with Gasteiger partial charge in [0.15, 0.2) is 11.1 Å². The number of benzene rings is 2. The number of hydrogen-bond acceptors (Lipinski definition) is 5. The van der Waals surface area contributed by atoms with Gasteiger partial charge >= 0.3 is 12.2 Å². The van der Waals surface area contributed by atoms with Crippen molar-refractivity contribution in [2.24, 2.45) is 11.1 Å². The molecule has 2 aromatic carbocycles. The Bertz CT molecular complexity index is 1370. The van der Waals surface area contributed by atoms with E-state index < -0.39 is 40.1 Å². The summed E-state index contributed by atoms with van der Waals surface area (Å²) < 4.78 is 59.4. The molecule has 1 saturated heterocycles. The minimum Gasteiger partial charge on any atom is -0.370 e. The number of carbonyl (C=O) groups excluding carboxylic acids is 2. The number of likely N-dealkylation sites (tertiary alicyclic amines) is 1. The van der Waals surface area contributed by atoms with Gasteiger partial charge in [0, 0.05) is 18.8 Å². The molecule has 2 aromatic rings. The lowest BCUT2D eigenvalue weighted by atomic mass is 9.69. The highest BCUT2D eigenvalue weighted by molar-refractivity contribution is 7.80. The van der Waals surface area contributed by atoms with Gasteiger partial charge in [-0.1, -0.05) is 61.1 Å². The molecule has 1 fully saturated rings. The van der Waals surface area contributed by atoms with Crippen molar-refractivity contribution in [2.75, 3.05) is 18.4 Å². The number of allylic oxidation sites excluding steroid dienone is 2. The van der Waals surface area contributed by atoms with Crippen LogP contribution in [-0.2, 0) is 6.42 Å². The minimum atomic E-state index is -5.15. The molecule has 1 aliphatic heterocycles. The Morgan fingerprint density at radius 2 is 1.70 bits per heavy atom. The highest BCUT2D eigenvalue weighted by Crippen LogP contribution is 2.53. The molecule has 4 rings (SSSR count). The summed E-state index contributed by atoms with van der Waals surface area (Å²) >= 11 is 5.11. The van der Waals surface area contributed by atoms with Gasteiger partial charge in [-0.05, 0) is 54.7 Å². The molecule has 0 spiro atoms. The van der Waals surface area contributed by atoms with E-state index in [0.717, 1.165) is 24.6 Å². The zero-order valence-electron chi connectivity index (χ0n) is 21.3. The van der Waals surface area contributed by atoms with Crippen LogP contribution in [0.3, 0.4) is 0 Å². The van der Waals surface area contributed by atoms with E-state index in [0.29, 0.717) is 18.4 Å². The Morgan fingerprint density at radius 3 is 2.35 bits per heavy atom. The molecule has 2 aliphatic rings. The number of urea groups is 1. The summed E-state index contributed by atoms with van der Waals surface area (Å²) in [5.74, 6) is -1.45. The van der Waals surface area contributed by atoms with Crippen LogP contribution in [0.1, 0.15) is 35.2 Å². The third-order valence-electron chi connectivity index (χ3n) is 7.17. The molecule has 40 heavy (non-hydrogen) atoms. The van der Waals surface area contributed by atoms with Crippen LogP contribution in [0.4, 0.5) is 28.0 Å². The lowest BCUT2D eigenvalue weighted by molar-refractivity contribution is -0.261. The summed E-state index contributed by atoms with van der Waals surface area (Å²) in [5.41, 5.74) is -0.0911. The zero-order valence-corrected chi connectivity index (χ0v) is 22.1. The number of hydrogen-bond donors (Lipinski definition) is 4. The number of para-hydroxylation sites is 1. The Balaban J connectivity index is 1.75. The van der Waals surface area contributed by atoms with Crippen molar-refractivity contribution in [3.8, 4) is 0 Å². The Hall–Kier alpha value is -3.61. The molecule has 1 aliphatic carbocycles. The quantitative estimate of drug-likeness (QED) is 0.291. The fraction of sp³-hybridized carbons (Fsp3) is 0.321. The first kappa shape index (κ1) is 29.4. The molecular weight excluding hydrogens is 548 g/mol. The lowest BCUT2D eigenvalue weighted by Crippen LogP contribution is -2.70. The van der Waals surface area contributed by atoms with Gasteiger partial charge in [-0.2, -0.15) is 13.2 Å². The second kappa shape index (κ2) is 11.5. The van der Waals surface area contributed by atoms with Crippen LogP contribution >= 0.6 is 12.2 Å². The van der Waals surface area contributed by atoms with Crippen molar-refractivity contribution >= 4 is 34.8 Å². The lowest BCUT2D eigenvalue weighted by Gasteiger charge is -2.52. The summed E-state index contributed by atoms with van der Waals surface area (Å²) in [5, 5.41) is 16.2. The SMILES string of the molecule is NC(=O)NC(=S)C1(C(F)(F)F)C=C(Cc2ccccc2NC(=O)c2ccccc2F)C=CC1(O)N1CCCCC1. The second-order valence-electron chi connectivity index (χ2n) is 9.72. The first-order chi connectivity index (χ1) is 18.9. The van der Waals surface area contributed by atoms with Crippen LogP contribution < -0.4 is 16.4 Å². The Morgan fingerprint density at radius 1 is 1.05 bits per heavy atom. The van der Waals surface area contributed by atoms with Gasteiger partial charge in [0.05, 0.1) is 5.56 Å². The number of primary amides is 1. The number of carbonyl (C=O) groups is 2. The number of rotatable bonds is 6. The molecule has 212 valence electrons. The van der Waals surface area contributed by atoms with Crippen molar-refractivity contribution in [2.45, 2.75) is 37.6 Å². The molecule has 0 radical (unpaired) electrons. The number of halogens is 4. The number of piperidine rings is 1. The highest BCUT2D eigenvalue weighted by atomic mass is 32.1. The summed E-state index contributed by atoms with van der Waals surface area (Å²) in [4.78, 5) is 24.7. The fourth-order valence-corrected chi connectivity index (χ4v) is 5.63. The van der Waals surface area contributed by atoms with Crippen LogP contribution in [0.2, 0.25) is 0 Å². The van der Waals surface area contributed by atoms with E-state index in [-0.39, 0.29) is 36.3 Å². The molecule has 2 atom stereocenters. The number of aliphatic hydroxyl groups is 1.